The van der Waals surface area contributed by atoms with Crippen molar-refractivity contribution in [2.75, 3.05) is 0 Å². The van der Waals surface area contributed by atoms with Crippen molar-refractivity contribution in [3.63, 3.8) is 0 Å². The lowest BCUT2D eigenvalue weighted by molar-refractivity contribution is -0.116. The van der Waals surface area contributed by atoms with Crippen LogP contribution in [-0.2, 0) is 9.59 Å². The summed E-state index contributed by atoms with van der Waals surface area (Å²) >= 11 is 1.22. The van der Waals surface area contributed by atoms with Crippen LogP contribution in [0.15, 0.2) is 72.4 Å². The molecule has 5 rings (SSSR count). The molecule has 39 heavy (non-hydrogen) atoms. The fourth-order valence-electron chi connectivity index (χ4n) is 5.64. The Labute approximate surface area is 235 Å². The van der Waals surface area contributed by atoms with Gasteiger partial charge in [0.15, 0.2) is 5.78 Å². The van der Waals surface area contributed by atoms with Gasteiger partial charge in [-0.3, -0.25) is 14.2 Å². The van der Waals surface area contributed by atoms with Gasteiger partial charge in [-0.15, -0.1) is 0 Å². The molecule has 1 aliphatic rings. The summed E-state index contributed by atoms with van der Waals surface area (Å²) in [7, 11) is 0. The number of hydrogen-bond donors (Lipinski definition) is 0. The van der Waals surface area contributed by atoms with E-state index in [4.69, 9.17) is 0 Å². The summed E-state index contributed by atoms with van der Waals surface area (Å²) in [5.41, 5.74) is 3.35. The molecule has 5 heteroatoms. The molecular weight excluding hydrogens is 500 g/mol. The third-order valence-corrected chi connectivity index (χ3v) is 8.90. The minimum absolute atomic E-state index is 0.00284. The molecule has 1 unspecified atom stereocenters. The number of unbranched alkanes of at least 4 members (excludes halogenated alkanes) is 9. The van der Waals surface area contributed by atoms with Gasteiger partial charge in [-0.2, -0.15) is 0 Å². The second kappa shape index (κ2) is 13.3. The molecule has 0 amide bonds. The largest absolute Gasteiger partial charge is 0.294 e. The molecular formula is C34H38N2O2S. The number of carbonyl (C=O) groups is 2. The molecule has 3 heterocycles. The van der Waals surface area contributed by atoms with Crippen molar-refractivity contribution in [2.45, 2.75) is 82.8 Å². The molecule has 1 saturated heterocycles. The number of thioether (sulfide) groups is 1. The first-order valence-electron chi connectivity index (χ1n) is 14.6. The normalized spacial score (nSPS) is 16.7. The molecule has 0 radical (unpaired) electrons. The Balaban J connectivity index is 1.24. The molecule has 202 valence electrons. The van der Waals surface area contributed by atoms with Crippen LogP contribution in [0.2, 0.25) is 0 Å². The summed E-state index contributed by atoms with van der Waals surface area (Å²) < 4.78 is 2.16. The monoisotopic (exact) mass is 538 g/mol. The Morgan fingerprint density at radius 3 is 2.23 bits per heavy atom. The number of nitrogens with zero attached hydrogens (tertiary/aromatic N) is 2. The third-order valence-electron chi connectivity index (χ3n) is 7.73. The van der Waals surface area contributed by atoms with Crippen molar-refractivity contribution in [1.29, 1.82) is 0 Å². The first-order chi connectivity index (χ1) is 19.2. The number of hydrogen-bond acceptors (Lipinski definition) is 4. The van der Waals surface area contributed by atoms with Crippen molar-refractivity contribution in [3.8, 4) is 5.82 Å². The number of Topliss-reactive ketones (excluding diaryl/α,β-unsaturated/α-hetero) is 1. The zero-order chi connectivity index (χ0) is 27.0. The Bertz CT molecular complexity index is 1470. The SMILES string of the molecule is CCCCCCCCCCCCC1SC(=O)C(=Cc2ccc3c(c2)c2ccccc2n3-c2ccccn2)C1=O. The minimum Gasteiger partial charge on any atom is -0.294 e. The Hall–Kier alpha value is -3.18. The Kier molecular flexibility index (Phi) is 9.31. The van der Waals surface area contributed by atoms with Crippen molar-refractivity contribution in [2.24, 2.45) is 0 Å². The topological polar surface area (TPSA) is 52.0 Å². The lowest BCUT2D eigenvalue weighted by Gasteiger charge is -2.06. The van der Waals surface area contributed by atoms with Crippen LogP contribution >= 0.6 is 11.8 Å². The average molecular weight is 539 g/mol. The standard InChI is InChI=1S/C34H38N2O2S/c1-2-3-4-5-6-7-8-9-10-11-18-31-33(37)28(34(38)39-31)24-25-20-21-30-27(23-25)26-16-12-13-17-29(26)36(30)32-19-14-15-22-35-32/h12-17,19-24,31H,2-11,18H2,1H3. The maximum atomic E-state index is 13.2. The minimum atomic E-state index is -0.229. The van der Waals surface area contributed by atoms with Crippen molar-refractivity contribution in [3.05, 3.63) is 78.0 Å². The molecule has 1 fully saturated rings. The van der Waals surface area contributed by atoms with E-state index in [1.54, 1.807) is 12.3 Å². The van der Waals surface area contributed by atoms with E-state index in [9.17, 15) is 9.59 Å². The number of ketones is 1. The van der Waals surface area contributed by atoms with Gasteiger partial charge in [0.05, 0.1) is 21.9 Å². The summed E-state index contributed by atoms with van der Waals surface area (Å²) in [6.45, 7) is 2.25. The quantitative estimate of drug-likeness (QED) is 0.0968. The second-order valence-corrected chi connectivity index (χ2v) is 11.8. The van der Waals surface area contributed by atoms with Gasteiger partial charge in [-0.25, -0.2) is 4.98 Å². The van der Waals surface area contributed by atoms with Crippen molar-refractivity contribution in [1.82, 2.24) is 9.55 Å². The number of benzene rings is 2. The first-order valence-corrected chi connectivity index (χ1v) is 15.5. The lowest BCUT2D eigenvalue weighted by atomic mass is 10.0. The van der Waals surface area contributed by atoms with Gasteiger partial charge in [0.1, 0.15) is 5.82 Å². The highest BCUT2D eigenvalue weighted by molar-refractivity contribution is 8.16. The first kappa shape index (κ1) is 27.4. The van der Waals surface area contributed by atoms with E-state index in [1.165, 1.54) is 63.1 Å². The molecule has 2 aromatic heterocycles. The van der Waals surface area contributed by atoms with Crippen LogP contribution in [0.3, 0.4) is 0 Å². The number of aromatic nitrogens is 2. The summed E-state index contributed by atoms with van der Waals surface area (Å²) in [6.07, 6.45) is 17.1. The Morgan fingerprint density at radius 2 is 1.49 bits per heavy atom. The lowest BCUT2D eigenvalue weighted by Crippen LogP contribution is -2.12. The van der Waals surface area contributed by atoms with Crippen LogP contribution in [0.1, 0.15) is 83.1 Å². The van der Waals surface area contributed by atoms with Gasteiger partial charge in [0.2, 0.25) is 5.12 Å². The van der Waals surface area contributed by atoms with E-state index in [2.05, 4.69) is 40.7 Å². The van der Waals surface area contributed by atoms with Gasteiger partial charge in [0, 0.05) is 17.0 Å². The second-order valence-electron chi connectivity index (χ2n) is 10.6. The number of fused-ring (bicyclic) bond motifs is 3. The molecule has 1 atom stereocenters. The summed E-state index contributed by atoms with van der Waals surface area (Å²) in [5.74, 6) is 0.860. The van der Waals surface area contributed by atoms with E-state index in [1.807, 2.05) is 36.4 Å². The highest BCUT2D eigenvalue weighted by atomic mass is 32.2. The van der Waals surface area contributed by atoms with Gasteiger partial charge in [-0.1, -0.05) is 113 Å². The van der Waals surface area contributed by atoms with Crippen molar-refractivity contribution >= 4 is 50.5 Å². The van der Waals surface area contributed by atoms with Gasteiger partial charge >= 0.3 is 0 Å². The number of para-hydroxylation sites is 1. The van der Waals surface area contributed by atoms with Crippen LogP contribution in [0.4, 0.5) is 0 Å². The maximum absolute atomic E-state index is 13.2. The predicted octanol–water partition coefficient (Wildman–Crippen LogP) is 9.08. The Morgan fingerprint density at radius 1 is 0.795 bits per heavy atom. The van der Waals surface area contributed by atoms with Crippen LogP contribution in [-0.4, -0.2) is 25.7 Å². The van der Waals surface area contributed by atoms with Gasteiger partial charge < -0.3 is 0 Å². The molecule has 0 N–H and O–H groups in total. The zero-order valence-corrected chi connectivity index (χ0v) is 23.7. The fraction of sp³-hybridized carbons (Fsp3) is 0.382. The van der Waals surface area contributed by atoms with E-state index in [-0.39, 0.29) is 16.1 Å². The van der Waals surface area contributed by atoms with Crippen LogP contribution < -0.4 is 0 Å². The van der Waals surface area contributed by atoms with E-state index >= 15 is 0 Å². The molecule has 4 aromatic rings. The van der Waals surface area contributed by atoms with E-state index in [0.717, 1.165) is 52.4 Å². The van der Waals surface area contributed by atoms with Crippen molar-refractivity contribution < 1.29 is 9.59 Å². The fourth-order valence-corrected chi connectivity index (χ4v) is 6.70. The molecule has 0 saturated carbocycles. The molecule has 2 aromatic carbocycles. The van der Waals surface area contributed by atoms with Crippen LogP contribution in [0, 0.1) is 0 Å². The number of carbonyl (C=O) groups excluding carboxylic acids is 2. The average Bonchev–Trinajstić information content (AvgIpc) is 3.43. The van der Waals surface area contributed by atoms with E-state index in [0.29, 0.717) is 5.57 Å². The predicted molar refractivity (Wildman–Crippen MR) is 164 cm³/mol. The van der Waals surface area contributed by atoms with Gasteiger partial charge in [0.25, 0.3) is 0 Å². The van der Waals surface area contributed by atoms with Crippen LogP contribution in [0.25, 0.3) is 33.7 Å². The van der Waals surface area contributed by atoms with E-state index < -0.39 is 0 Å². The molecule has 1 aliphatic heterocycles. The summed E-state index contributed by atoms with van der Waals surface area (Å²) in [5, 5.41) is 1.88. The number of pyridine rings is 1. The third kappa shape index (κ3) is 6.36. The zero-order valence-electron chi connectivity index (χ0n) is 22.9. The molecule has 4 nitrogen and oxygen atoms in total. The molecule has 0 aliphatic carbocycles. The summed E-state index contributed by atoms with van der Waals surface area (Å²) in [4.78, 5) is 30.5. The van der Waals surface area contributed by atoms with Crippen LogP contribution in [0.5, 0.6) is 0 Å². The highest BCUT2D eigenvalue weighted by Gasteiger charge is 2.36. The van der Waals surface area contributed by atoms with Gasteiger partial charge in [-0.05, 0) is 48.4 Å². The molecule has 0 bridgehead atoms. The number of rotatable bonds is 13. The maximum Gasteiger partial charge on any atom is 0.223 e. The summed E-state index contributed by atoms with van der Waals surface area (Å²) in [6, 6.07) is 20.3. The molecule has 0 spiro atoms. The highest BCUT2D eigenvalue weighted by Crippen LogP contribution is 2.36. The smallest absolute Gasteiger partial charge is 0.223 e.